The van der Waals surface area contributed by atoms with Gasteiger partial charge in [0.15, 0.2) is 0 Å². The first kappa shape index (κ1) is 12.8. The summed E-state index contributed by atoms with van der Waals surface area (Å²) in [5, 5.41) is 3.26. The number of carbonyl (C=O) groups excluding carboxylic acids is 1. The minimum Gasteiger partial charge on any atom is -0.379 e. The molecule has 1 N–H and O–H groups in total. The zero-order chi connectivity index (χ0) is 12.3. The van der Waals surface area contributed by atoms with Gasteiger partial charge in [0.2, 0.25) is 5.91 Å². The normalized spacial score (nSPS) is 28.4. The lowest BCUT2D eigenvalue weighted by atomic mass is 9.88. The van der Waals surface area contributed by atoms with E-state index < -0.39 is 0 Å². The van der Waals surface area contributed by atoms with Gasteiger partial charge in [0, 0.05) is 26.7 Å². The molecule has 1 saturated carbocycles. The van der Waals surface area contributed by atoms with E-state index in [1.165, 1.54) is 12.8 Å². The predicted molar refractivity (Wildman–Crippen MR) is 66.8 cm³/mol. The molecule has 1 aliphatic heterocycles. The summed E-state index contributed by atoms with van der Waals surface area (Å²) in [6.07, 6.45) is 3.58. The first-order valence-corrected chi connectivity index (χ1v) is 6.66. The van der Waals surface area contributed by atoms with Gasteiger partial charge >= 0.3 is 0 Å². The molecule has 1 saturated heterocycles. The Balaban J connectivity index is 1.66. The van der Waals surface area contributed by atoms with Gasteiger partial charge in [-0.2, -0.15) is 0 Å². The minimum absolute atomic E-state index is 0.203. The summed E-state index contributed by atoms with van der Waals surface area (Å²) in [7, 11) is 1.88. The molecule has 0 aromatic carbocycles. The number of likely N-dealkylation sites (N-methyl/N-ethyl adjacent to an activating group) is 1. The van der Waals surface area contributed by atoms with Crippen LogP contribution in [-0.4, -0.2) is 50.7 Å². The van der Waals surface area contributed by atoms with Crippen LogP contribution < -0.4 is 5.32 Å². The Morgan fingerprint density at radius 3 is 2.88 bits per heavy atom. The van der Waals surface area contributed by atoms with Crippen LogP contribution >= 0.6 is 0 Å². The Kier molecular flexibility index (Phi) is 4.05. The van der Waals surface area contributed by atoms with E-state index in [4.69, 9.17) is 4.74 Å². The first-order valence-electron chi connectivity index (χ1n) is 6.66. The van der Waals surface area contributed by atoms with Gasteiger partial charge < -0.3 is 15.0 Å². The number of nitrogens with one attached hydrogen (secondary N) is 1. The molecule has 0 radical (unpaired) electrons. The number of ether oxygens (including phenoxy) is 1. The van der Waals surface area contributed by atoms with E-state index in [1.807, 2.05) is 11.9 Å². The van der Waals surface area contributed by atoms with Crippen LogP contribution in [0, 0.1) is 11.3 Å². The molecular formula is C13H24N2O2. The number of hydrogen-bond acceptors (Lipinski definition) is 3. The van der Waals surface area contributed by atoms with E-state index in [9.17, 15) is 4.79 Å². The van der Waals surface area contributed by atoms with Gasteiger partial charge in [-0.3, -0.25) is 4.79 Å². The minimum atomic E-state index is -0.203. The van der Waals surface area contributed by atoms with Crippen molar-refractivity contribution in [3.05, 3.63) is 0 Å². The SMILES string of the molecule is CN(CCOCC1CC1)C(=O)C1(C)CCNC1. The van der Waals surface area contributed by atoms with E-state index in [0.717, 1.165) is 32.0 Å². The average Bonchev–Trinajstić information content (AvgIpc) is 3.04. The molecule has 2 aliphatic rings. The number of rotatable bonds is 6. The fourth-order valence-corrected chi connectivity index (χ4v) is 2.30. The van der Waals surface area contributed by atoms with Gasteiger partial charge in [0.1, 0.15) is 0 Å². The summed E-state index contributed by atoms with van der Waals surface area (Å²) in [4.78, 5) is 14.1. The largest absolute Gasteiger partial charge is 0.379 e. The molecule has 1 amide bonds. The van der Waals surface area contributed by atoms with Crippen LogP contribution in [0.1, 0.15) is 26.2 Å². The number of hydrogen-bond donors (Lipinski definition) is 1. The van der Waals surface area contributed by atoms with Crippen LogP contribution in [0.15, 0.2) is 0 Å². The van der Waals surface area contributed by atoms with Crippen molar-refractivity contribution >= 4 is 5.91 Å². The molecular weight excluding hydrogens is 216 g/mol. The number of carbonyl (C=O) groups is 1. The van der Waals surface area contributed by atoms with E-state index in [-0.39, 0.29) is 11.3 Å². The summed E-state index contributed by atoms with van der Waals surface area (Å²) >= 11 is 0. The van der Waals surface area contributed by atoms with Crippen molar-refractivity contribution in [3.63, 3.8) is 0 Å². The molecule has 0 bridgehead atoms. The molecule has 0 aromatic heterocycles. The molecule has 0 aromatic rings. The van der Waals surface area contributed by atoms with E-state index in [2.05, 4.69) is 12.2 Å². The fraction of sp³-hybridized carbons (Fsp3) is 0.923. The fourth-order valence-electron chi connectivity index (χ4n) is 2.30. The highest BCUT2D eigenvalue weighted by Gasteiger charge is 2.38. The third-order valence-electron chi connectivity index (χ3n) is 3.85. The van der Waals surface area contributed by atoms with Gasteiger partial charge in [0.25, 0.3) is 0 Å². The summed E-state index contributed by atoms with van der Waals surface area (Å²) in [5.74, 6) is 1.05. The first-order chi connectivity index (χ1) is 8.12. The number of nitrogens with zero attached hydrogens (tertiary/aromatic N) is 1. The van der Waals surface area contributed by atoms with E-state index in [0.29, 0.717) is 13.2 Å². The number of amides is 1. The second-order valence-electron chi connectivity index (χ2n) is 5.73. The van der Waals surface area contributed by atoms with Crippen LogP contribution in [0.2, 0.25) is 0 Å². The highest BCUT2D eigenvalue weighted by Crippen LogP contribution is 2.29. The van der Waals surface area contributed by atoms with Gasteiger partial charge in [0.05, 0.1) is 12.0 Å². The Hall–Kier alpha value is -0.610. The molecule has 4 nitrogen and oxygen atoms in total. The molecule has 2 rings (SSSR count). The van der Waals surface area contributed by atoms with Crippen molar-refractivity contribution in [1.82, 2.24) is 10.2 Å². The van der Waals surface area contributed by atoms with E-state index in [1.54, 1.807) is 0 Å². The molecule has 1 atom stereocenters. The van der Waals surface area contributed by atoms with Gasteiger partial charge in [-0.1, -0.05) is 0 Å². The van der Waals surface area contributed by atoms with E-state index >= 15 is 0 Å². The van der Waals surface area contributed by atoms with Crippen LogP contribution in [0.4, 0.5) is 0 Å². The van der Waals surface area contributed by atoms with Crippen LogP contribution in [0.25, 0.3) is 0 Å². The second kappa shape index (κ2) is 5.36. The van der Waals surface area contributed by atoms with Crippen LogP contribution in [0.5, 0.6) is 0 Å². The Labute approximate surface area is 104 Å². The van der Waals surface area contributed by atoms with Crippen molar-refractivity contribution in [3.8, 4) is 0 Å². The van der Waals surface area contributed by atoms with Crippen molar-refractivity contribution < 1.29 is 9.53 Å². The summed E-state index contributed by atoms with van der Waals surface area (Å²) in [6.45, 7) is 6.06. The molecule has 1 unspecified atom stereocenters. The third-order valence-corrected chi connectivity index (χ3v) is 3.85. The summed E-state index contributed by atoms with van der Waals surface area (Å²) in [5.41, 5.74) is -0.203. The lowest BCUT2D eigenvalue weighted by Crippen LogP contribution is -2.42. The highest BCUT2D eigenvalue weighted by atomic mass is 16.5. The molecule has 17 heavy (non-hydrogen) atoms. The molecule has 1 aliphatic carbocycles. The summed E-state index contributed by atoms with van der Waals surface area (Å²) in [6, 6.07) is 0. The summed E-state index contributed by atoms with van der Waals surface area (Å²) < 4.78 is 5.56. The third kappa shape index (κ3) is 3.42. The monoisotopic (exact) mass is 240 g/mol. The Morgan fingerprint density at radius 1 is 1.53 bits per heavy atom. The van der Waals surface area contributed by atoms with Crippen molar-refractivity contribution in [2.24, 2.45) is 11.3 Å². The maximum absolute atomic E-state index is 12.2. The smallest absolute Gasteiger partial charge is 0.229 e. The van der Waals surface area contributed by atoms with Crippen LogP contribution in [0.3, 0.4) is 0 Å². The predicted octanol–water partition coefficient (Wildman–Crippen LogP) is 0.871. The maximum atomic E-state index is 12.2. The topological polar surface area (TPSA) is 41.6 Å². The van der Waals surface area contributed by atoms with Crippen molar-refractivity contribution in [1.29, 1.82) is 0 Å². The Bertz CT molecular complexity index is 271. The second-order valence-corrected chi connectivity index (χ2v) is 5.73. The maximum Gasteiger partial charge on any atom is 0.229 e. The average molecular weight is 240 g/mol. The molecule has 0 spiro atoms. The molecule has 98 valence electrons. The van der Waals surface area contributed by atoms with Crippen LogP contribution in [-0.2, 0) is 9.53 Å². The highest BCUT2D eigenvalue weighted by molar-refractivity contribution is 5.82. The molecule has 2 fully saturated rings. The zero-order valence-corrected chi connectivity index (χ0v) is 11.0. The van der Waals surface area contributed by atoms with Gasteiger partial charge in [-0.15, -0.1) is 0 Å². The zero-order valence-electron chi connectivity index (χ0n) is 11.0. The van der Waals surface area contributed by atoms with Gasteiger partial charge in [-0.05, 0) is 38.6 Å². The lowest BCUT2D eigenvalue weighted by Gasteiger charge is -2.28. The molecule has 4 heteroatoms. The van der Waals surface area contributed by atoms with Crippen molar-refractivity contribution in [2.45, 2.75) is 26.2 Å². The Morgan fingerprint density at radius 2 is 2.29 bits per heavy atom. The standard InChI is InChI=1S/C13H24N2O2/c1-13(5-6-14-10-13)12(16)15(2)7-8-17-9-11-3-4-11/h11,14H,3-10H2,1-2H3. The molecule has 1 heterocycles. The van der Waals surface area contributed by atoms with Gasteiger partial charge in [-0.25, -0.2) is 0 Å². The van der Waals surface area contributed by atoms with Crippen molar-refractivity contribution in [2.75, 3.05) is 39.9 Å². The lowest BCUT2D eigenvalue weighted by molar-refractivity contribution is -0.139. The quantitative estimate of drug-likeness (QED) is 0.701.